The Morgan fingerprint density at radius 1 is 1.47 bits per heavy atom. The second-order valence-corrected chi connectivity index (χ2v) is 6.28. The molecule has 19 heavy (non-hydrogen) atoms. The van der Waals surface area contributed by atoms with Crippen LogP contribution in [0.4, 0.5) is 0 Å². The molecule has 0 spiro atoms. The summed E-state index contributed by atoms with van der Waals surface area (Å²) in [4.78, 5) is 13.3. The first-order valence-electron chi connectivity index (χ1n) is 5.97. The summed E-state index contributed by atoms with van der Waals surface area (Å²) in [5.41, 5.74) is 5.32. The van der Waals surface area contributed by atoms with E-state index in [0.717, 1.165) is 9.21 Å². The summed E-state index contributed by atoms with van der Waals surface area (Å²) >= 11 is 7.33. The molecule has 2 rings (SSSR count). The van der Waals surface area contributed by atoms with Gasteiger partial charge >= 0.3 is 0 Å². The van der Waals surface area contributed by atoms with Gasteiger partial charge in [-0.25, -0.2) is 0 Å². The van der Waals surface area contributed by atoms with Crippen molar-refractivity contribution in [1.82, 2.24) is 5.32 Å². The Balaban J connectivity index is 0.00000180. The van der Waals surface area contributed by atoms with Crippen molar-refractivity contribution in [3.05, 3.63) is 21.3 Å². The zero-order valence-corrected chi connectivity index (χ0v) is 12.9. The summed E-state index contributed by atoms with van der Waals surface area (Å²) in [5, 5.41) is 2.95. The summed E-state index contributed by atoms with van der Waals surface area (Å²) in [6.45, 7) is 2.09. The predicted octanol–water partition coefficient (Wildman–Crippen LogP) is 2.20. The molecule has 108 valence electrons. The van der Waals surface area contributed by atoms with Gasteiger partial charge in [-0.05, 0) is 25.0 Å². The van der Waals surface area contributed by atoms with Gasteiger partial charge in [-0.3, -0.25) is 4.79 Å². The average Bonchev–Trinajstić information content (AvgIpc) is 2.82. The number of halogens is 2. The third kappa shape index (κ3) is 4.07. The lowest BCUT2D eigenvalue weighted by molar-refractivity contribution is -0.136. The molecule has 4 nitrogen and oxygen atoms in total. The van der Waals surface area contributed by atoms with E-state index in [9.17, 15) is 4.79 Å². The van der Waals surface area contributed by atoms with E-state index < -0.39 is 5.41 Å². The molecule has 7 heteroatoms. The molecule has 0 saturated carbocycles. The van der Waals surface area contributed by atoms with Crippen molar-refractivity contribution in [2.45, 2.75) is 19.4 Å². The van der Waals surface area contributed by atoms with Crippen molar-refractivity contribution < 1.29 is 9.53 Å². The molecule has 2 heterocycles. The maximum Gasteiger partial charge on any atom is 0.227 e. The zero-order valence-electron chi connectivity index (χ0n) is 10.5. The Kier molecular flexibility index (Phi) is 6.56. The molecule has 0 aromatic carbocycles. The monoisotopic (exact) mass is 324 g/mol. The molecule has 1 amide bonds. The molecule has 1 aromatic heterocycles. The van der Waals surface area contributed by atoms with Gasteiger partial charge in [0.05, 0.1) is 16.3 Å². The van der Waals surface area contributed by atoms with Crippen LogP contribution in [-0.4, -0.2) is 25.7 Å². The first kappa shape index (κ1) is 16.7. The van der Waals surface area contributed by atoms with Gasteiger partial charge in [0, 0.05) is 24.6 Å². The number of carbonyl (C=O) groups excluding carboxylic acids is 1. The number of amides is 1. The summed E-state index contributed by atoms with van der Waals surface area (Å²) < 4.78 is 6.03. The van der Waals surface area contributed by atoms with E-state index in [2.05, 4.69) is 5.32 Å². The Hall–Kier alpha value is -0.330. The van der Waals surface area contributed by atoms with Crippen LogP contribution in [0.2, 0.25) is 4.34 Å². The molecule has 1 aromatic rings. The third-order valence-corrected chi connectivity index (χ3v) is 4.61. The Labute approximate surface area is 128 Å². The highest BCUT2D eigenvalue weighted by molar-refractivity contribution is 7.16. The molecule has 1 aliphatic heterocycles. The first-order valence-corrected chi connectivity index (χ1v) is 7.16. The number of rotatable bonds is 4. The van der Waals surface area contributed by atoms with Crippen LogP contribution in [0.3, 0.4) is 0 Å². The molecule has 0 aliphatic carbocycles. The summed E-state index contributed by atoms with van der Waals surface area (Å²) in [6.07, 6.45) is 1.39. The highest BCUT2D eigenvalue weighted by Crippen LogP contribution is 2.30. The molecule has 0 unspecified atom stereocenters. The van der Waals surface area contributed by atoms with Gasteiger partial charge in [-0.2, -0.15) is 0 Å². The zero-order chi connectivity index (χ0) is 13.0. The number of hydrogen-bond donors (Lipinski definition) is 2. The fraction of sp³-hybridized carbons (Fsp3) is 0.583. The molecule has 1 saturated heterocycles. The van der Waals surface area contributed by atoms with Crippen LogP contribution in [0, 0.1) is 5.41 Å². The molecule has 0 atom stereocenters. The topological polar surface area (TPSA) is 64.4 Å². The van der Waals surface area contributed by atoms with E-state index in [1.165, 1.54) is 11.3 Å². The van der Waals surface area contributed by atoms with Crippen molar-refractivity contribution >= 4 is 41.3 Å². The van der Waals surface area contributed by atoms with Crippen molar-refractivity contribution in [2.75, 3.05) is 19.8 Å². The predicted molar refractivity (Wildman–Crippen MR) is 80.0 cm³/mol. The van der Waals surface area contributed by atoms with Crippen molar-refractivity contribution in [2.24, 2.45) is 11.1 Å². The van der Waals surface area contributed by atoms with Crippen LogP contribution in [-0.2, 0) is 16.1 Å². The molecule has 1 fully saturated rings. The minimum Gasteiger partial charge on any atom is -0.381 e. The van der Waals surface area contributed by atoms with Gasteiger partial charge < -0.3 is 15.8 Å². The lowest BCUT2D eigenvalue weighted by Gasteiger charge is -2.34. The molecular weight excluding hydrogens is 307 g/mol. The van der Waals surface area contributed by atoms with Crippen LogP contribution in [0.25, 0.3) is 0 Å². The number of ether oxygens (including phenoxy) is 1. The normalized spacial score (nSPS) is 17.6. The van der Waals surface area contributed by atoms with Crippen molar-refractivity contribution in [1.29, 1.82) is 0 Å². The summed E-state index contributed by atoms with van der Waals surface area (Å²) in [6, 6.07) is 3.76. The van der Waals surface area contributed by atoms with Gasteiger partial charge in [0.2, 0.25) is 5.91 Å². The number of carbonyl (C=O) groups is 1. The average molecular weight is 325 g/mol. The minimum absolute atomic E-state index is 0. The largest absolute Gasteiger partial charge is 0.381 e. The Morgan fingerprint density at radius 3 is 2.68 bits per heavy atom. The SMILES string of the molecule is Cl.NCC1(C(=O)NCc2ccc(Cl)s2)CCOCC1. The maximum atomic E-state index is 12.3. The van der Waals surface area contributed by atoms with Gasteiger partial charge in [0.15, 0.2) is 0 Å². The number of nitrogens with two attached hydrogens (primary N) is 1. The lowest BCUT2D eigenvalue weighted by atomic mass is 9.79. The second-order valence-electron chi connectivity index (χ2n) is 4.49. The van der Waals surface area contributed by atoms with Crippen LogP contribution >= 0.6 is 35.3 Å². The summed E-state index contributed by atoms with van der Waals surface area (Å²) in [5.74, 6) is 0.0258. The first-order chi connectivity index (χ1) is 8.66. The minimum atomic E-state index is -0.459. The molecule has 3 N–H and O–H groups in total. The summed E-state index contributed by atoms with van der Waals surface area (Å²) in [7, 11) is 0. The quantitative estimate of drug-likeness (QED) is 0.892. The van der Waals surface area contributed by atoms with Crippen LogP contribution in [0.1, 0.15) is 17.7 Å². The van der Waals surface area contributed by atoms with Gasteiger partial charge in [0.1, 0.15) is 0 Å². The van der Waals surface area contributed by atoms with Gasteiger partial charge in [0.25, 0.3) is 0 Å². The lowest BCUT2D eigenvalue weighted by Crippen LogP contribution is -2.48. The van der Waals surface area contributed by atoms with Crippen LogP contribution < -0.4 is 11.1 Å². The number of thiophene rings is 1. The molecular formula is C12H18Cl2N2O2S. The highest BCUT2D eigenvalue weighted by atomic mass is 35.5. The van der Waals surface area contributed by atoms with Crippen molar-refractivity contribution in [3.8, 4) is 0 Å². The fourth-order valence-corrected chi connectivity index (χ4v) is 3.11. The van der Waals surface area contributed by atoms with Crippen LogP contribution in [0.15, 0.2) is 12.1 Å². The molecule has 0 radical (unpaired) electrons. The molecule has 1 aliphatic rings. The highest BCUT2D eigenvalue weighted by Gasteiger charge is 2.38. The van der Waals surface area contributed by atoms with Gasteiger partial charge in [-0.1, -0.05) is 11.6 Å². The standard InChI is InChI=1S/C12H17ClN2O2S.ClH/c13-10-2-1-9(18-10)7-15-11(16)12(8-14)3-5-17-6-4-12;/h1-2H,3-8,14H2,(H,15,16);1H. The molecule has 0 bridgehead atoms. The van der Waals surface area contributed by atoms with E-state index in [-0.39, 0.29) is 18.3 Å². The van der Waals surface area contributed by atoms with Crippen molar-refractivity contribution in [3.63, 3.8) is 0 Å². The van der Waals surface area contributed by atoms with Gasteiger partial charge in [-0.15, -0.1) is 23.7 Å². The Morgan fingerprint density at radius 2 is 2.16 bits per heavy atom. The van der Waals surface area contributed by atoms with E-state index >= 15 is 0 Å². The van der Waals surface area contributed by atoms with Crippen LogP contribution in [0.5, 0.6) is 0 Å². The second kappa shape index (κ2) is 7.45. The van der Waals surface area contributed by atoms with E-state index in [4.69, 9.17) is 22.1 Å². The van der Waals surface area contributed by atoms with E-state index in [0.29, 0.717) is 39.1 Å². The number of nitrogens with one attached hydrogen (secondary N) is 1. The van der Waals surface area contributed by atoms with E-state index in [1.807, 2.05) is 12.1 Å². The Bertz CT molecular complexity index is 420. The maximum absolute atomic E-state index is 12.3. The third-order valence-electron chi connectivity index (χ3n) is 3.37. The van der Waals surface area contributed by atoms with E-state index in [1.54, 1.807) is 0 Å². The fourth-order valence-electron chi connectivity index (χ4n) is 2.09. The number of hydrogen-bond acceptors (Lipinski definition) is 4. The smallest absolute Gasteiger partial charge is 0.227 e.